The highest BCUT2D eigenvalue weighted by molar-refractivity contribution is 5.78. The molecule has 0 aromatic heterocycles. The molecule has 0 spiro atoms. The van der Waals surface area contributed by atoms with Gasteiger partial charge in [0.25, 0.3) is 0 Å². The molecule has 2 rings (SSSR count). The zero-order chi connectivity index (χ0) is 13.8. The Morgan fingerprint density at radius 1 is 1.53 bits per heavy atom. The number of rotatable bonds is 4. The second kappa shape index (κ2) is 5.90. The van der Waals surface area contributed by atoms with Crippen LogP contribution in [0.3, 0.4) is 0 Å². The lowest BCUT2D eigenvalue weighted by Gasteiger charge is -2.24. The summed E-state index contributed by atoms with van der Waals surface area (Å²) in [7, 11) is 1.47. The summed E-state index contributed by atoms with van der Waals surface area (Å²) in [5.41, 5.74) is 0.935. The molecule has 0 bridgehead atoms. The van der Waals surface area contributed by atoms with Crippen molar-refractivity contribution in [3.8, 4) is 11.5 Å². The summed E-state index contributed by atoms with van der Waals surface area (Å²) in [5, 5.41) is 10.1. The molecule has 1 heterocycles. The molecule has 1 aliphatic heterocycles. The summed E-state index contributed by atoms with van der Waals surface area (Å²) in [5.74, 6) is 0.249. The summed E-state index contributed by atoms with van der Waals surface area (Å²) in [6.45, 7) is 2.27. The van der Waals surface area contributed by atoms with Gasteiger partial charge in [0.05, 0.1) is 20.3 Å². The first kappa shape index (κ1) is 13.6. The van der Waals surface area contributed by atoms with Crippen LogP contribution >= 0.6 is 0 Å². The normalized spacial score (nSPS) is 15.1. The lowest BCUT2D eigenvalue weighted by atomic mass is 10.00. The second-order valence-corrected chi connectivity index (χ2v) is 3.92. The molecule has 0 saturated carbocycles. The molecular weight excluding hydrogens is 252 g/mol. The largest absolute Gasteiger partial charge is 0.496 e. The van der Waals surface area contributed by atoms with Gasteiger partial charge in [-0.05, 0) is 19.1 Å². The van der Waals surface area contributed by atoms with E-state index in [9.17, 15) is 9.90 Å². The van der Waals surface area contributed by atoms with E-state index in [1.807, 2.05) is 0 Å². The van der Waals surface area contributed by atoms with Gasteiger partial charge in [0.1, 0.15) is 11.5 Å². The van der Waals surface area contributed by atoms with Gasteiger partial charge in [-0.1, -0.05) is 0 Å². The Kier molecular flexibility index (Phi) is 4.24. The van der Waals surface area contributed by atoms with Crippen LogP contribution in [0.5, 0.6) is 11.5 Å². The molecule has 0 radical (unpaired) electrons. The molecule has 1 N–H and O–H groups in total. The fraction of sp³-hybridized carbons (Fsp3) is 0.462. The second-order valence-electron chi connectivity index (χ2n) is 3.92. The van der Waals surface area contributed by atoms with Gasteiger partial charge in [0, 0.05) is 11.1 Å². The van der Waals surface area contributed by atoms with Crippen LogP contribution in [0.2, 0.25) is 0 Å². The summed E-state index contributed by atoms with van der Waals surface area (Å²) >= 11 is 0. The van der Waals surface area contributed by atoms with Gasteiger partial charge < -0.3 is 24.1 Å². The average Bonchev–Trinajstić information content (AvgIpc) is 2.45. The van der Waals surface area contributed by atoms with Crippen molar-refractivity contribution >= 4 is 5.97 Å². The maximum Gasteiger partial charge on any atom is 0.339 e. The van der Waals surface area contributed by atoms with Crippen LogP contribution in [-0.2, 0) is 20.9 Å². The van der Waals surface area contributed by atoms with Crippen molar-refractivity contribution in [2.24, 2.45) is 0 Å². The lowest BCUT2D eigenvalue weighted by Crippen LogP contribution is -2.21. The Hall–Kier alpha value is -1.79. The number of benzene rings is 1. The Bertz CT molecular complexity index is 470. The van der Waals surface area contributed by atoms with Crippen LogP contribution in [0.4, 0.5) is 0 Å². The highest BCUT2D eigenvalue weighted by Crippen LogP contribution is 2.37. The third-order valence-corrected chi connectivity index (χ3v) is 2.82. The van der Waals surface area contributed by atoms with E-state index in [-0.39, 0.29) is 20.0 Å². The number of aliphatic hydroxyl groups excluding tert-OH is 1. The van der Waals surface area contributed by atoms with E-state index in [4.69, 9.17) is 18.9 Å². The van der Waals surface area contributed by atoms with Gasteiger partial charge in [-0.2, -0.15) is 0 Å². The number of fused-ring (bicyclic) bond motifs is 1. The molecule has 0 fully saturated rings. The number of carbonyl (C=O) groups is 1. The van der Waals surface area contributed by atoms with Crippen molar-refractivity contribution in [1.29, 1.82) is 0 Å². The van der Waals surface area contributed by atoms with E-state index in [0.717, 1.165) is 0 Å². The molecule has 6 nitrogen and oxygen atoms in total. The third kappa shape index (κ3) is 2.64. The summed E-state index contributed by atoms with van der Waals surface area (Å²) < 4.78 is 20.5. The minimum atomic E-state index is -1.42. The van der Waals surface area contributed by atoms with Crippen LogP contribution in [0.15, 0.2) is 12.1 Å². The molecule has 6 heteroatoms. The van der Waals surface area contributed by atoms with Crippen molar-refractivity contribution in [2.45, 2.75) is 19.6 Å². The number of carbonyl (C=O) groups excluding carboxylic acids is 1. The summed E-state index contributed by atoms with van der Waals surface area (Å²) in [6.07, 6.45) is -1.42. The third-order valence-electron chi connectivity index (χ3n) is 2.82. The molecule has 0 saturated heterocycles. The number of ether oxygens (including phenoxy) is 4. The first-order valence-electron chi connectivity index (χ1n) is 5.94. The van der Waals surface area contributed by atoms with E-state index in [1.54, 1.807) is 19.1 Å². The topological polar surface area (TPSA) is 74.2 Å². The molecule has 104 valence electrons. The molecule has 1 aliphatic rings. The predicted molar refractivity (Wildman–Crippen MR) is 64.9 cm³/mol. The zero-order valence-electron chi connectivity index (χ0n) is 10.8. The number of esters is 1. The zero-order valence-corrected chi connectivity index (χ0v) is 10.8. The van der Waals surface area contributed by atoms with E-state index < -0.39 is 12.1 Å². The van der Waals surface area contributed by atoms with Crippen molar-refractivity contribution in [3.05, 3.63) is 23.3 Å². The molecular formula is C13H16O6. The van der Waals surface area contributed by atoms with Crippen LogP contribution in [0, 0.1) is 0 Å². The lowest BCUT2D eigenvalue weighted by molar-refractivity contribution is -0.153. The van der Waals surface area contributed by atoms with Crippen molar-refractivity contribution in [1.82, 2.24) is 0 Å². The van der Waals surface area contributed by atoms with Gasteiger partial charge >= 0.3 is 5.97 Å². The van der Waals surface area contributed by atoms with Gasteiger partial charge in [0.15, 0.2) is 12.9 Å². The highest BCUT2D eigenvalue weighted by atomic mass is 16.7. The van der Waals surface area contributed by atoms with Crippen LogP contribution in [0.1, 0.15) is 24.2 Å². The maximum absolute atomic E-state index is 11.7. The minimum absolute atomic E-state index is 0.147. The van der Waals surface area contributed by atoms with Crippen LogP contribution in [0.25, 0.3) is 0 Å². The maximum atomic E-state index is 11.7. The Labute approximate surface area is 110 Å². The molecule has 0 aliphatic carbocycles. The molecule has 19 heavy (non-hydrogen) atoms. The van der Waals surface area contributed by atoms with Crippen molar-refractivity contribution < 1.29 is 28.8 Å². The SMILES string of the molecule is CCOC(=O)C(O)c1c(OC)ccc2c1COCO2. The quantitative estimate of drug-likeness (QED) is 0.826. The van der Waals surface area contributed by atoms with Crippen LogP contribution < -0.4 is 9.47 Å². The smallest absolute Gasteiger partial charge is 0.339 e. The van der Waals surface area contributed by atoms with E-state index >= 15 is 0 Å². The van der Waals surface area contributed by atoms with Crippen LogP contribution in [-0.4, -0.2) is 31.6 Å². The number of hydrogen-bond acceptors (Lipinski definition) is 6. The Morgan fingerprint density at radius 2 is 2.32 bits per heavy atom. The minimum Gasteiger partial charge on any atom is -0.496 e. The Morgan fingerprint density at radius 3 is 3.00 bits per heavy atom. The number of aliphatic hydroxyl groups is 1. The molecule has 1 aromatic rings. The van der Waals surface area contributed by atoms with E-state index in [0.29, 0.717) is 22.6 Å². The van der Waals surface area contributed by atoms with Gasteiger partial charge in [0.2, 0.25) is 0 Å². The van der Waals surface area contributed by atoms with Crippen molar-refractivity contribution in [3.63, 3.8) is 0 Å². The molecule has 1 atom stereocenters. The predicted octanol–water partition coefficient (Wildman–Crippen LogP) is 1.16. The van der Waals surface area contributed by atoms with E-state index in [1.165, 1.54) is 7.11 Å². The standard InChI is InChI=1S/C13H16O6/c1-3-18-13(15)12(14)11-8-6-17-7-19-9(8)4-5-10(11)16-2/h4-5,12,14H,3,6-7H2,1-2H3. The van der Waals surface area contributed by atoms with E-state index in [2.05, 4.69) is 0 Å². The highest BCUT2D eigenvalue weighted by Gasteiger charge is 2.29. The first-order valence-corrected chi connectivity index (χ1v) is 5.94. The van der Waals surface area contributed by atoms with Gasteiger partial charge in [-0.3, -0.25) is 0 Å². The fourth-order valence-electron chi connectivity index (χ4n) is 1.97. The molecule has 0 amide bonds. The number of hydrogen-bond donors (Lipinski definition) is 1. The van der Waals surface area contributed by atoms with Gasteiger partial charge in [-0.15, -0.1) is 0 Å². The van der Waals surface area contributed by atoms with Crippen molar-refractivity contribution in [2.75, 3.05) is 20.5 Å². The number of methoxy groups -OCH3 is 1. The average molecular weight is 268 g/mol. The Balaban J connectivity index is 2.43. The monoisotopic (exact) mass is 268 g/mol. The first-order chi connectivity index (χ1) is 9.19. The fourth-order valence-corrected chi connectivity index (χ4v) is 1.97. The molecule has 1 unspecified atom stereocenters. The summed E-state index contributed by atoms with van der Waals surface area (Å²) in [4.78, 5) is 11.7. The summed E-state index contributed by atoms with van der Waals surface area (Å²) in [6, 6.07) is 3.36. The molecule has 1 aromatic carbocycles. The van der Waals surface area contributed by atoms with Gasteiger partial charge in [-0.25, -0.2) is 4.79 Å².